The average molecular weight is 1090 g/mol. The van der Waals surface area contributed by atoms with Gasteiger partial charge in [0.1, 0.15) is 41.7 Å². The summed E-state index contributed by atoms with van der Waals surface area (Å²) in [4.78, 5) is 53.1. The summed E-state index contributed by atoms with van der Waals surface area (Å²) in [5.41, 5.74) is 8.33. The molecule has 0 saturated heterocycles. The first kappa shape index (κ1) is 57.0. The second kappa shape index (κ2) is 25.1. The molecular formula is C59H74N6O10S2. The van der Waals surface area contributed by atoms with Crippen LogP contribution in [0.4, 0.5) is 11.4 Å². The summed E-state index contributed by atoms with van der Waals surface area (Å²) in [6.07, 6.45) is 5.37. The van der Waals surface area contributed by atoms with Crippen LogP contribution in [-0.4, -0.2) is 111 Å². The van der Waals surface area contributed by atoms with Crippen LogP contribution < -0.4 is 25.4 Å². The minimum Gasteiger partial charge on any atom is -0.491 e. The van der Waals surface area contributed by atoms with E-state index in [0.717, 1.165) is 51.9 Å². The van der Waals surface area contributed by atoms with Gasteiger partial charge in [0.05, 0.1) is 71.7 Å². The number of thiazole rings is 1. The molecule has 16 nitrogen and oxygen atoms in total. The molecule has 18 heteroatoms. The van der Waals surface area contributed by atoms with E-state index in [1.165, 1.54) is 5.56 Å². The van der Waals surface area contributed by atoms with Gasteiger partial charge in [-0.15, -0.1) is 11.3 Å². The number of aromatic nitrogens is 2. The standard InChI is InChI=1S/C59H74N6O10S2/c1-9-38(2)55(66)64-54(58(3,4)5)57(68)65-36-41-31-43(19-17-40(41)32-50(65)56(67)63-46-16-12-14-39-13-10-11-15-44(39)46)74-29-27-72-25-23-71-24-26-73-28-30-75-51-35-48-45(34-53(51)77(69,70)59(6,7)8)47(21-22-60-48)62-42-18-20-52-49(33-42)61-37-76-52/h10-11,13,15,17-22,31,33-35,37-38,46,50,54H,9,12,14,16,23-30,32,36H2,1-8H3,(H,60,62)(H,63,67)(H,64,66)/t38-,46-,50?,54-/m1/s1. The van der Waals surface area contributed by atoms with Crippen LogP contribution in [0.2, 0.25) is 0 Å². The molecule has 0 fully saturated rings. The van der Waals surface area contributed by atoms with Crippen LogP contribution in [0.1, 0.15) is 103 Å². The number of amides is 3. The maximum Gasteiger partial charge on any atom is 0.246 e. The van der Waals surface area contributed by atoms with Crippen molar-refractivity contribution in [2.75, 3.05) is 58.2 Å². The molecule has 0 bridgehead atoms. The number of pyridine rings is 1. The van der Waals surface area contributed by atoms with E-state index in [1.807, 2.05) is 89.2 Å². The summed E-state index contributed by atoms with van der Waals surface area (Å²) in [5.74, 6) is -0.144. The number of nitrogens with one attached hydrogen (secondary N) is 3. The highest BCUT2D eigenvalue weighted by atomic mass is 32.2. The largest absolute Gasteiger partial charge is 0.491 e. The summed E-state index contributed by atoms with van der Waals surface area (Å²) < 4.78 is 57.3. The van der Waals surface area contributed by atoms with Crippen molar-refractivity contribution in [3.05, 3.63) is 113 Å². The third-order valence-corrected chi connectivity index (χ3v) is 17.6. The Bertz CT molecular complexity index is 3150. The third kappa shape index (κ3) is 13.9. The molecule has 6 aromatic rings. The van der Waals surface area contributed by atoms with Gasteiger partial charge in [-0.1, -0.05) is 65.0 Å². The molecule has 77 heavy (non-hydrogen) atoms. The SMILES string of the molecule is CC[C@@H](C)C(=O)N[C@H](C(=O)N1Cc2cc(OCCOCCOCCOCCOc3cc4nccc(Nc5ccc6scnc6c5)c4cc3S(=O)(=O)C(C)(C)C)ccc2CC1C(=O)N[C@@H]1CCCc2ccccc21)C(C)(C)C. The Morgan fingerprint density at radius 3 is 2.22 bits per heavy atom. The summed E-state index contributed by atoms with van der Waals surface area (Å²) in [6.45, 7) is 17.0. The third-order valence-electron chi connectivity index (χ3n) is 14.3. The normalized spacial score (nSPS) is 16.5. The highest BCUT2D eigenvalue weighted by Gasteiger charge is 2.43. The summed E-state index contributed by atoms with van der Waals surface area (Å²) in [6, 6.07) is 23.2. The lowest BCUT2D eigenvalue weighted by Gasteiger charge is -2.42. The van der Waals surface area contributed by atoms with Crippen molar-refractivity contribution < 1.29 is 46.5 Å². The van der Waals surface area contributed by atoms with Gasteiger partial charge in [-0.25, -0.2) is 13.4 Å². The van der Waals surface area contributed by atoms with Crippen LogP contribution in [-0.2, 0) is 57.8 Å². The Kier molecular flexibility index (Phi) is 18.6. The molecule has 3 heterocycles. The van der Waals surface area contributed by atoms with Gasteiger partial charge in [0, 0.05) is 47.9 Å². The molecule has 0 spiro atoms. The molecule has 0 saturated carbocycles. The Morgan fingerprint density at radius 1 is 0.792 bits per heavy atom. The van der Waals surface area contributed by atoms with E-state index in [-0.39, 0.29) is 66.7 Å². The van der Waals surface area contributed by atoms with Crippen LogP contribution in [0.5, 0.6) is 11.5 Å². The molecule has 2 aliphatic rings. The summed E-state index contributed by atoms with van der Waals surface area (Å²) >= 11 is 1.56. The minimum atomic E-state index is -3.83. The van der Waals surface area contributed by atoms with Crippen LogP contribution in [0.3, 0.4) is 0 Å². The van der Waals surface area contributed by atoms with Gasteiger partial charge >= 0.3 is 0 Å². The van der Waals surface area contributed by atoms with E-state index in [1.54, 1.807) is 60.8 Å². The highest BCUT2D eigenvalue weighted by Crippen LogP contribution is 2.39. The monoisotopic (exact) mass is 1090 g/mol. The number of fused-ring (bicyclic) bond motifs is 4. The average Bonchev–Trinajstić information content (AvgIpc) is 3.90. The topological polar surface area (TPSA) is 197 Å². The first-order valence-corrected chi connectivity index (χ1v) is 29.1. The van der Waals surface area contributed by atoms with E-state index in [0.29, 0.717) is 68.2 Å². The van der Waals surface area contributed by atoms with Crippen LogP contribution >= 0.6 is 11.3 Å². The predicted octanol–water partition coefficient (Wildman–Crippen LogP) is 9.69. The fraction of sp³-hybridized carbons (Fsp3) is 0.475. The Morgan fingerprint density at radius 2 is 1.51 bits per heavy atom. The Balaban J connectivity index is 0.795. The Hall–Kier alpha value is -6.18. The van der Waals surface area contributed by atoms with Crippen molar-refractivity contribution >= 4 is 71.4 Å². The number of carbonyl (C=O) groups excluding carboxylic acids is 3. The quantitative estimate of drug-likeness (QED) is 0.0514. The predicted molar refractivity (Wildman–Crippen MR) is 301 cm³/mol. The van der Waals surface area contributed by atoms with Gasteiger partial charge in [0.25, 0.3) is 0 Å². The first-order valence-electron chi connectivity index (χ1n) is 26.7. The minimum absolute atomic E-state index is 0.0764. The van der Waals surface area contributed by atoms with Crippen LogP contribution in [0.15, 0.2) is 95.5 Å². The number of hydrogen-bond donors (Lipinski definition) is 3. The van der Waals surface area contributed by atoms with Crippen LogP contribution in [0, 0.1) is 11.3 Å². The molecule has 0 radical (unpaired) electrons. The van der Waals surface area contributed by atoms with Gasteiger partial charge in [-0.3, -0.25) is 19.4 Å². The molecule has 1 unspecified atom stereocenters. The smallest absolute Gasteiger partial charge is 0.246 e. The van der Waals surface area contributed by atoms with E-state index in [4.69, 9.17) is 23.7 Å². The zero-order valence-corrected chi connectivity index (χ0v) is 47.2. The van der Waals surface area contributed by atoms with Crippen molar-refractivity contribution in [2.45, 2.75) is 122 Å². The molecule has 4 atom stereocenters. The van der Waals surface area contributed by atoms with E-state index in [2.05, 4.69) is 38.1 Å². The van der Waals surface area contributed by atoms with E-state index >= 15 is 0 Å². The van der Waals surface area contributed by atoms with Crippen molar-refractivity contribution in [2.24, 2.45) is 11.3 Å². The van der Waals surface area contributed by atoms with Crippen molar-refractivity contribution in [1.82, 2.24) is 25.5 Å². The maximum absolute atomic E-state index is 14.7. The lowest BCUT2D eigenvalue weighted by atomic mass is 9.83. The highest BCUT2D eigenvalue weighted by molar-refractivity contribution is 7.92. The molecular weight excluding hydrogens is 1020 g/mol. The second-order valence-electron chi connectivity index (χ2n) is 21.9. The number of nitrogens with zero attached hydrogens (tertiary/aromatic N) is 3. The fourth-order valence-corrected chi connectivity index (χ4v) is 11.5. The molecule has 412 valence electrons. The molecule has 4 aromatic carbocycles. The molecule has 3 amide bonds. The lowest BCUT2D eigenvalue weighted by Crippen LogP contribution is -2.61. The molecule has 1 aliphatic heterocycles. The van der Waals surface area contributed by atoms with E-state index < -0.39 is 32.1 Å². The van der Waals surface area contributed by atoms with Crippen molar-refractivity contribution in [3.63, 3.8) is 0 Å². The number of rotatable bonds is 23. The number of sulfone groups is 1. The number of anilines is 2. The number of ether oxygens (including phenoxy) is 5. The van der Waals surface area contributed by atoms with Crippen molar-refractivity contribution in [1.29, 1.82) is 0 Å². The summed E-state index contributed by atoms with van der Waals surface area (Å²) in [5, 5.41) is 10.4. The van der Waals surface area contributed by atoms with Crippen LogP contribution in [0.25, 0.3) is 21.1 Å². The molecule has 3 N–H and O–H groups in total. The van der Waals surface area contributed by atoms with Gasteiger partial charge < -0.3 is 44.5 Å². The zero-order chi connectivity index (χ0) is 54.9. The molecule has 8 rings (SSSR count). The second-order valence-corrected chi connectivity index (χ2v) is 25.4. The Labute approximate surface area is 456 Å². The number of aryl methyl sites for hydroxylation is 1. The van der Waals surface area contributed by atoms with Gasteiger partial charge in [0.2, 0.25) is 17.7 Å². The molecule has 2 aromatic heterocycles. The van der Waals surface area contributed by atoms with Gasteiger partial charge in [-0.05, 0) is 117 Å². The summed E-state index contributed by atoms with van der Waals surface area (Å²) in [7, 11) is -3.83. The zero-order valence-electron chi connectivity index (χ0n) is 45.6. The fourth-order valence-electron chi connectivity index (χ4n) is 9.55. The molecule has 1 aliphatic carbocycles. The first-order chi connectivity index (χ1) is 36.8. The lowest BCUT2D eigenvalue weighted by molar-refractivity contribution is -0.147. The number of benzene rings is 4. The van der Waals surface area contributed by atoms with Crippen molar-refractivity contribution in [3.8, 4) is 11.5 Å². The van der Waals surface area contributed by atoms with Gasteiger partial charge in [-0.2, -0.15) is 0 Å². The van der Waals surface area contributed by atoms with E-state index in [9.17, 15) is 22.8 Å². The maximum atomic E-state index is 14.7. The number of carbonyl (C=O) groups is 3. The van der Waals surface area contributed by atoms with Gasteiger partial charge in [0.15, 0.2) is 9.84 Å². The number of hydrogen-bond acceptors (Lipinski definition) is 14.